The lowest BCUT2D eigenvalue weighted by Gasteiger charge is -2.23. The summed E-state index contributed by atoms with van der Waals surface area (Å²) in [7, 11) is 0. The van der Waals surface area contributed by atoms with Gasteiger partial charge in [-0.05, 0) is 44.5 Å². The SMILES string of the molecule is Cl.O=C(c1ccccc1)N1CC[C@H](N2CCCC2)C1. The van der Waals surface area contributed by atoms with Gasteiger partial charge < -0.3 is 4.90 Å². The third-order valence-corrected chi connectivity index (χ3v) is 4.13. The summed E-state index contributed by atoms with van der Waals surface area (Å²) in [6.45, 7) is 4.26. The summed E-state index contributed by atoms with van der Waals surface area (Å²) >= 11 is 0. The van der Waals surface area contributed by atoms with E-state index in [4.69, 9.17) is 0 Å². The van der Waals surface area contributed by atoms with Crippen LogP contribution in [0.25, 0.3) is 0 Å². The number of amides is 1. The van der Waals surface area contributed by atoms with Gasteiger partial charge in [0.15, 0.2) is 0 Å². The van der Waals surface area contributed by atoms with Crippen LogP contribution in [-0.4, -0.2) is 47.9 Å². The molecule has 0 saturated carbocycles. The van der Waals surface area contributed by atoms with Crippen LogP contribution in [-0.2, 0) is 0 Å². The van der Waals surface area contributed by atoms with E-state index in [1.54, 1.807) is 0 Å². The van der Waals surface area contributed by atoms with Gasteiger partial charge in [0.25, 0.3) is 5.91 Å². The van der Waals surface area contributed by atoms with E-state index in [1.807, 2.05) is 35.2 Å². The van der Waals surface area contributed by atoms with Crippen molar-refractivity contribution >= 4 is 18.3 Å². The zero-order chi connectivity index (χ0) is 12.4. The largest absolute Gasteiger partial charge is 0.337 e. The lowest BCUT2D eigenvalue weighted by molar-refractivity contribution is 0.0780. The first-order valence-electron chi connectivity index (χ1n) is 6.93. The zero-order valence-corrected chi connectivity index (χ0v) is 11.9. The molecule has 0 aromatic heterocycles. The van der Waals surface area contributed by atoms with Gasteiger partial charge in [0.1, 0.15) is 0 Å². The summed E-state index contributed by atoms with van der Waals surface area (Å²) < 4.78 is 0. The average molecular weight is 281 g/mol. The molecule has 2 heterocycles. The maximum atomic E-state index is 12.3. The second-order valence-corrected chi connectivity index (χ2v) is 5.30. The van der Waals surface area contributed by atoms with Crippen molar-refractivity contribution in [2.75, 3.05) is 26.2 Å². The van der Waals surface area contributed by atoms with Gasteiger partial charge in [-0.3, -0.25) is 9.69 Å². The van der Waals surface area contributed by atoms with Crippen LogP contribution in [0.5, 0.6) is 0 Å². The Bertz CT molecular complexity index is 417. The molecule has 0 radical (unpaired) electrons. The number of carbonyl (C=O) groups excluding carboxylic acids is 1. The molecule has 1 amide bonds. The molecule has 3 nitrogen and oxygen atoms in total. The Balaban J connectivity index is 0.00000133. The van der Waals surface area contributed by atoms with Gasteiger partial charge in [-0.1, -0.05) is 18.2 Å². The quantitative estimate of drug-likeness (QED) is 0.831. The third-order valence-electron chi connectivity index (χ3n) is 4.13. The molecule has 2 saturated heterocycles. The number of nitrogens with zero attached hydrogens (tertiary/aromatic N) is 2. The number of carbonyl (C=O) groups is 1. The van der Waals surface area contributed by atoms with Gasteiger partial charge in [0.05, 0.1) is 0 Å². The van der Waals surface area contributed by atoms with Gasteiger partial charge >= 0.3 is 0 Å². The van der Waals surface area contributed by atoms with Crippen LogP contribution in [0.2, 0.25) is 0 Å². The number of hydrogen-bond acceptors (Lipinski definition) is 2. The summed E-state index contributed by atoms with van der Waals surface area (Å²) in [5.41, 5.74) is 0.819. The number of rotatable bonds is 2. The van der Waals surface area contributed by atoms with Gasteiger partial charge in [0, 0.05) is 24.7 Å². The lowest BCUT2D eigenvalue weighted by atomic mass is 10.2. The van der Waals surface area contributed by atoms with Crippen LogP contribution in [0.15, 0.2) is 30.3 Å². The van der Waals surface area contributed by atoms with Gasteiger partial charge in [-0.2, -0.15) is 0 Å². The highest BCUT2D eigenvalue weighted by molar-refractivity contribution is 5.94. The molecule has 4 heteroatoms. The van der Waals surface area contributed by atoms with Gasteiger partial charge in [-0.15, -0.1) is 12.4 Å². The minimum atomic E-state index is 0. The van der Waals surface area contributed by atoms with Crippen molar-refractivity contribution in [3.63, 3.8) is 0 Å². The Morgan fingerprint density at radius 2 is 1.74 bits per heavy atom. The molecule has 3 rings (SSSR count). The Kier molecular flexibility index (Phi) is 4.83. The van der Waals surface area contributed by atoms with Crippen LogP contribution in [0.3, 0.4) is 0 Å². The van der Waals surface area contributed by atoms with Crippen molar-refractivity contribution in [2.24, 2.45) is 0 Å². The monoisotopic (exact) mass is 280 g/mol. The number of benzene rings is 1. The van der Waals surface area contributed by atoms with Crippen molar-refractivity contribution in [2.45, 2.75) is 25.3 Å². The second-order valence-electron chi connectivity index (χ2n) is 5.30. The predicted octanol–water partition coefficient (Wildman–Crippen LogP) is 2.42. The van der Waals surface area contributed by atoms with E-state index < -0.39 is 0 Å². The maximum Gasteiger partial charge on any atom is 0.253 e. The number of likely N-dealkylation sites (tertiary alicyclic amines) is 2. The summed E-state index contributed by atoms with van der Waals surface area (Å²) in [5.74, 6) is 0.192. The summed E-state index contributed by atoms with van der Waals surface area (Å²) in [5, 5.41) is 0. The molecular formula is C15H21ClN2O. The van der Waals surface area contributed by atoms with Crippen LogP contribution in [0, 0.1) is 0 Å². The zero-order valence-electron chi connectivity index (χ0n) is 11.1. The minimum absolute atomic E-state index is 0. The molecule has 2 aliphatic heterocycles. The molecule has 0 spiro atoms. The van der Waals surface area contributed by atoms with E-state index in [0.717, 1.165) is 25.1 Å². The van der Waals surface area contributed by atoms with Crippen LogP contribution in [0.4, 0.5) is 0 Å². The molecule has 19 heavy (non-hydrogen) atoms. The van der Waals surface area contributed by atoms with Crippen molar-refractivity contribution in [3.05, 3.63) is 35.9 Å². The first-order valence-corrected chi connectivity index (χ1v) is 6.93. The Labute approximate surface area is 121 Å². The third kappa shape index (κ3) is 3.10. The maximum absolute atomic E-state index is 12.3. The molecule has 2 fully saturated rings. The Hall–Kier alpha value is -1.06. The molecule has 1 aromatic carbocycles. The van der Waals surface area contributed by atoms with Crippen LogP contribution < -0.4 is 0 Å². The van der Waals surface area contributed by atoms with Gasteiger partial charge in [0.2, 0.25) is 0 Å². The molecule has 1 atom stereocenters. The average Bonchev–Trinajstić information content (AvgIpc) is 3.09. The van der Waals surface area contributed by atoms with Crippen molar-refractivity contribution in [3.8, 4) is 0 Å². The first-order chi connectivity index (χ1) is 8.84. The summed E-state index contributed by atoms with van der Waals surface area (Å²) in [6.07, 6.45) is 3.78. The Morgan fingerprint density at radius 3 is 2.42 bits per heavy atom. The van der Waals surface area contributed by atoms with E-state index in [2.05, 4.69) is 4.90 Å². The van der Waals surface area contributed by atoms with E-state index in [0.29, 0.717) is 6.04 Å². The van der Waals surface area contributed by atoms with E-state index in [1.165, 1.54) is 25.9 Å². The van der Waals surface area contributed by atoms with E-state index in [-0.39, 0.29) is 18.3 Å². The minimum Gasteiger partial charge on any atom is -0.337 e. The standard InChI is InChI=1S/C15H20N2O.ClH/c18-15(13-6-2-1-3-7-13)17-11-8-14(12-17)16-9-4-5-10-16;/h1-3,6-7,14H,4-5,8-12H2;1H/t14-;/m0./s1. The van der Waals surface area contributed by atoms with E-state index >= 15 is 0 Å². The van der Waals surface area contributed by atoms with Crippen LogP contribution in [0.1, 0.15) is 29.6 Å². The normalized spacial score (nSPS) is 23.4. The number of halogens is 1. The highest BCUT2D eigenvalue weighted by Gasteiger charge is 2.31. The van der Waals surface area contributed by atoms with Crippen LogP contribution >= 0.6 is 12.4 Å². The fraction of sp³-hybridized carbons (Fsp3) is 0.533. The molecular weight excluding hydrogens is 260 g/mol. The predicted molar refractivity (Wildman–Crippen MR) is 78.8 cm³/mol. The van der Waals surface area contributed by atoms with E-state index in [9.17, 15) is 4.79 Å². The second kappa shape index (κ2) is 6.40. The first kappa shape index (κ1) is 14.4. The smallest absolute Gasteiger partial charge is 0.253 e. The fourth-order valence-corrected chi connectivity index (χ4v) is 3.09. The molecule has 0 N–H and O–H groups in total. The topological polar surface area (TPSA) is 23.6 Å². The molecule has 0 aliphatic carbocycles. The summed E-state index contributed by atoms with van der Waals surface area (Å²) in [6, 6.07) is 10.2. The van der Waals surface area contributed by atoms with Crippen molar-refractivity contribution < 1.29 is 4.79 Å². The molecule has 2 aliphatic rings. The van der Waals surface area contributed by atoms with Crippen molar-refractivity contribution in [1.82, 2.24) is 9.80 Å². The van der Waals surface area contributed by atoms with Crippen molar-refractivity contribution in [1.29, 1.82) is 0 Å². The highest BCUT2D eigenvalue weighted by atomic mass is 35.5. The lowest BCUT2D eigenvalue weighted by Crippen LogP contribution is -2.37. The highest BCUT2D eigenvalue weighted by Crippen LogP contribution is 2.21. The fourth-order valence-electron chi connectivity index (χ4n) is 3.09. The molecule has 0 bridgehead atoms. The Morgan fingerprint density at radius 1 is 1.05 bits per heavy atom. The number of hydrogen-bond donors (Lipinski definition) is 0. The van der Waals surface area contributed by atoms with Gasteiger partial charge in [-0.25, -0.2) is 0 Å². The molecule has 1 aromatic rings. The molecule has 104 valence electrons. The summed E-state index contributed by atoms with van der Waals surface area (Å²) in [4.78, 5) is 16.9. The molecule has 0 unspecified atom stereocenters.